The third-order valence-electron chi connectivity index (χ3n) is 1.48. The van der Waals surface area contributed by atoms with Crippen molar-refractivity contribution in [1.29, 1.82) is 0 Å². The molecule has 1 aliphatic heterocycles. The smallest absolute Gasteiger partial charge is 0.0507 e. The first-order valence-electron chi connectivity index (χ1n) is 2.98. The molecule has 0 unspecified atom stereocenters. The van der Waals surface area contributed by atoms with E-state index in [-0.39, 0.29) is 0 Å². The summed E-state index contributed by atoms with van der Waals surface area (Å²) in [6, 6.07) is 1.98. The second-order valence-electron chi connectivity index (χ2n) is 2.09. The number of hydrogen-bond donors (Lipinski definition) is 1. The number of rotatable bonds is 0. The number of hydrogen-bond acceptors (Lipinski definition) is 2. The third kappa shape index (κ3) is 0.669. The molecule has 1 N–H and O–H groups in total. The molecule has 45 valence electrons. The van der Waals surface area contributed by atoms with Crippen molar-refractivity contribution in [1.82, 2.24) is 4.98 Å². The van der Waals surface area contributed by atoms with Crippen molar-refractivity contribution in [3.05, 3.63) is 30.6 Å². The van der Waals surface area contributed by atoms with Crippen molar-refractivity contribution in [2.24, 2.45) is 0 Å². The SMILES string of the molecule is [CH]1Cc2cnccc2N1. The maximum absolute atomic E-state index is 4.00. The maximum atomic E-state index is 4.00. The summed E-state index contributed by atoms with van der Waals surface area (Å²) in [4.78, 5) is 4.00. The zero-order valence-electron chi connectivity index (χ0n) is 4.96. The van der Waals surface area contributed by atoms with E-state index in [0.717, 1.165) is 6.42 Å². The zero-order chi connectivity index (χ0) is 6.10. The largest absolute Gasteiger partial charge is 0.380 e. The highest BCUT2D eigenvalue weighted by atomic mass is 14.9. The maximum Gasteiger partial charge on any atom is 0.0507 e. The van der Waals surface area contributed by atoms with Gasteiger partial charge in [-0.25, -0.2) is 0 Å². The highest BCUT2D eigenvalue weighted by molar-refractivity contribution is 5.55. The van der Waals surface area contributed by atoms with E-state index in [1.165, 1.54) is 11.3 Å². The normalized spacial score (nSPS) is 14.7. The first-order chi connectivity index (χ1) is 4.47. The molecule has 0 fully saturated rings. The zero-order valence-corrected chi connectivity index (χ0v) is 4.96. The Hall–Kier alpha value is -1.05. The van der Waals surface area contributed by atoms with Crippen LogP contribution in [0.25, 0.3) is 0 Å². The average Bonchev–Trinajstić information content (AvgIpc) is 2.33. The van der Waals surface area contributed by atoms with E-state index in [0.29, 0.717) is 0 Å². The molecule has 0 amide bonds. The van der Waals surface area contributed by atoms with Gasteiger partial charge < -0.3 is 5.32 Å². The van der Waals surface area contributed by atoms with Gasteiger partial charge in [-0.1, -0.05) is 0 Å². The highest BCUT2D eigenvalue weighted by Gasteiger charge is 2.07. The van der Waals surface area contributed by atoms with Crippen LogP contribution in [-0.4, -0.2) is 4.98 Å². The van der Waals surface area contributed by atoms with Crippen LogP contribution >= 0.6 is 0 Å². The van der Waals surface area contributed by atoms with Crippen molar-refractivity contribution in [3.63, 3.8) is 0 Å². The Morgan fingerprint density at radius 3 is 3.44 bits per heavy atom. The van der Waals surface area contributed by atoms with Crippen molar-refractivity contribution in [3.8, 4) is 0 Å². The van der Waals surface area contributed by atoms with Gasteiger partial charge in [-0.05, 0) is 18.1 Å². The molecule has 1 radical (unpaired) electrons. The molecule has 2 heteroatoms. The molecule has 0 bridgehead atoms. The summed E-state index contributed by atoms with van der Waals surface area (Å²) in [5.74, 6) is 0. The van der Waals surface area contributed by atoms with E-state index in [1.54, 1.807) is 6.20 Å². The Bertz CT molecular complexity index is 197. The van der Waals surface area contributed by atoms with Gasteiger partial charge in [0.1, 0.15) is 0 Å². The van der Waals surface area contributed by atoms with Crippen LogP contribution in [0.3, 0.4) is 0 Å². The van der Waals surface area contributed by atoms with E-state index in [2.05, 4.69) is 10.3 Å². The first-order valence-corrected chi connectivity index (χ1v) is 2.98. The van der Waals surface area contributed by atoms with E-state index in [9.17, 15) is 0 Å². The monoisotopic (exact) mass is 119 g/mol. The number of nitrogens with zero attached hydrogens (tertiary/aromatic N) is 1. The van der Waals surface area contributed by atoms with Crippen LogP contribution < -0.4 is 5.32 Å². The molecule has 1 aromatic heterocycles. The summed E-state index contributed by atoms with van der Waals surface area (Å²) in [6.07, 6.45) is 4.69. The summed E-state index contributed by atoms with van der Waals surface area (Å²) in [6.45, 7) is 2.03. The van der Waals surface area contributed by atoms with Gasteiger partial charge in [0.05, 0.1) is 6.54 Å². The van der Waals surface area contributed by atoms with Crippen molar-refractivity contribution in [2.75, 3.05) is 5.32 Å². The van der Waals surface area contributed by atoms with Gasteiger partial charge >= 0.3 is 0 Å². The standard InChI is InChI=1S/C7H7N2/c1-4-9-7-2-3-8-5-6(1)7/h2-5,9H,1H2. The predicted molar refractivity (Wildman–Crippen MR) is 35.9 cm³/mol. The summed E-state index contributed by atoms with van der Waals surface area (Å²) >= 11 is 0. The number of pyridine rings is 1. The average molecular weight is 119 g/mol. The topological polar surface area (TPSA) is 24.9 Å². The lowest BCUT2D eigenvalue weighted by Gasteiger charge is -1.93. The number of nitrogens with one attached hydrogen (secondary N) is 1. The van der Waals surface area contributed by atoms with E-state index in [1.807, 2.05) is 18.8 Å². The Balaban J connectivity index is 2.54. The van der Waals surface area contributed by atoms with Crippen LogP contribution in [0.1, 0.15) is 5.56 Å². The molecule has 2 rings (SSSR count). The lowest BCUT2D eigenvalue weighted by atomic mass is 10.2. The van der Waals surface area contributed by atoms with Crippen LogP contribution in [0.2, 0.25) is 0 Å². The molecule has 0 atom stereocenters. The van der Waals surface area contributed by atoms with E-state index >= 15 is 0 Å². The Morgan fingerprint density at radius 2 is 2.56 bits per heavy atom. The van der Waals surface area contributed by atoms with Crippen molar-refractivity contribution >= 4 is 5.69 Å². The summed E-state index contributed by atoms with van der Waals surface area (Å²) in [7, 11) is 0. The molecule has 2 heterocycles. The summed E-state index contributed by atoms with van der Waals surface area (Å²) in [5.41, 5.74) is 2.49. The van der Waals surface area contributed by atoms with Crippen molar-refractivity contribution in [2.45, 2.75) is 6.42 Å². The second kappa shape index (κ2) is 1.72. The number of aromatic nitrogens is 1. The van der Waals surface area contributed by atoms with Crippen LogP contribution in [-0.2, 0) is 6.42 Å². The summed E-state index contributed by atoms with van der Waals surface area (Å²) in [5, 5.41) is 3.14. The minimum absolute atomic E-state index is 1.00. The van der Waals surface area contributed by atoms with Gasteiger partial charge in [-0.2, -0.15) is 0 Å². The predicted octanol–water partition coefficient (Wildman–Crippen LogP) is 1.21. The first kappa shape index (κ1) is 4.79. The minimum atomic E-state index is 1.00. The molecule has 1 aliphatic rings. The van der Waals surface area contributed by atoms with Crippen LogP contribution in [0.15, 0.2) is 18.5 Å². The molecule has 0 aliphatic carbocycles. The van der Waals surface area contributed by atoms with E-state index in [4.69, 9.17) is 0 Å². The highest BCUT2D eigenvalue weighted by Crippen LogP contribution is 2.21. The lowest BCUT2D eigenvalue weighted by molar-refractivity contribution is 1.20. The minimum Gasteiger partial charge on any atom is -0.380 e. The number of anilines is 1. The molecule has 0 saturated heterocycles. The molecule has 0 aromatic carbocycles. The molecule has 0 spiro atoms. The molecule has 2 nitrogen and oxygen atoms in total. The Kier molecular flexibility index (Phi) is 0.918. The fraction of sp³-hybridized carbons (Fsp3) is 0.143. The Morgan fingerprint density at radius 1 is 1.56 bits per heavy atom. The number of fused-ring (bicyclic) bond motifs is 1. The van der Waals surface area contributed by atoms with Gasteiger partial charge in [-0.15, -0.1) is 0 Å². The quantitative estimate of drug-likeness (QED) is 0.555. The fourth-order valence-corrected chi connectivity index (χ4v) is 1.00. The van der Waals surface area contributed by atoms with Gasteiger partial charge in [0.15, 0.2) is 0 Å². The van der Waals surface area contributed by atoms with Crippen LogP contribution in [0.5, 0.6) is 0 Å². The summed E-state index contributed by atoms with van der Waals surface area (Å²) < 4.78 is 0. The molecular formula is C7H7N2. The third-order valence-corrected chi connectivity index (χ3v) is 1.48. The van der Waals surface area contributed by atoms with E-state index < -0.39 is 0 Å². The van der Waals surface area contributed by atoms with Crippen LogP contribution in [0, 0.1) is 6.54 Å². The van der Waals surface area contributed by atoms with Gasteiger partial charge in [-0.3, -0.25) is 4.98 Å². The van der Waals surface area contributed by atoms with Gasteiger partial charge in [0.2, 0.25) is 0 Å². The van der Waals surface area contributed by atoms with Gasteiger partial charge in [0.25, 0.3) is 0 Å². The lowest BCUT2D eigenvalue weighted by Crippen LogP contribution is -1.82. The second-order valence-corrected chi connectivity index (χ2v) is 2.09. The molecule has 9 heavy (non-hydrogen) atoms. The fourth-order valence-electron chi connectivity index (χ4n) is 1.00. The van der Waals surface area contributed by atoms with Crippen LogP contribution in [0.4, 0.5) is 5.69 Å². The van der Waals surface area contributed by atoms with Gasteiger partial charge in [0, 0.05) is 18.1 Å². The Labute approximate surface area is 53.9 Å². The molecular weight excluding hydrogens is 112 g/mol. The molecule has 1 aromatic rings. The van der Waals surface area contributed by atoms with Crippen molar-refractivity contribution < 1.29 is 0 Å². The molecule has 0 saturated carbocycles.